The van der Waals surface area contributed by atoms with Gasteiger partial charge in [-0.25, -0.2) is 0 Å². The predicted molar refractivity (Wildman–Crippen MR) is 122 cm³/mol. The highest BCUT2D eigenvalue weighted by molar-refractivity contribution is 6.30. The molecule has 4 aromatic carbocycles. The molecule has 0 bridgehead atoms. The number of fused-ring (bicyclic) bond motifs is 3. The molecule has 0 aromatic heterocycles. The average molecular weight is 417 g/mol. The van der Waals surface area contributed by atoms with Crippen LogP contribution in [-0.2, 0) is 5.41 Å². The van der Waals surface area contributed by atoms with E-state index in [1.165, 1.54) is 0 Å². The molecular weight excluding hydrogens is 399 g/mol. The third-order valence-corrected chi connectivity index (χ3v) is 6.15. The van der Waals surface area contributed by atoms with Crippen molar-refractivity contribution in [1.82, 2.24) is 0 Å². The highest BCUT2D eigenvalue weighted by atomic mass is 35.5. The minimum absolute atomic E-state index is 0.364. The lowest BCUT2D eigenvalue weighted by molar-refractivity contribution is 0.475. The largest absolute Gasteiger partial charge is 0.456 e. The van der Waals surface area contributed by atoms with E-state index in [-0.39, 0.29) is 5.41 Å². The van der Waals surface area contributed by atoms with Gasteiger partial charge in [0.1, 0.15) is 11.5 Å². The Morgan fingerprint density at radius 1 is 0.724 bits per heavy atom. The van der Waals surface area contributed by atoms with E-state index in [2.05, 4.69) is 49.4 Å². The molecule has 1 unspecified atom stereocenters. The van der Waals surface area contributed by atoms with Crippen LogP contribution in [0.3, 0.4) is 0 Å². The van der Waals surface area contributed by atoms with Crippen molar-refractivity contribution in [1.29, 1.82) is 0 Å². The summed E-state index contributed by atoms with van der Waals surface area (Å²) in [6, 6.07) is 28.5. The molecule has 0 fully saturated rings. The average Bonchev–Trinajstić information content (AvgIpc) is 2.74. The monoisotopic (exact) mass is 416 g/mol. The molecule has 0 aliphatic carbocycles. The summed E-state index contributed by atoms with van der Waals surface area (Å²) in [5.41, 5.74) is 2.93. The van der Waals surface area contributed by atoms with Gasteiger partial charge in [0.05, 0.1) is 0 Å². The number of hydrogen-bond donors (Lipinski definition) is 0. The molecule has 0 radical (unpaired) electrons. The molecule has 142 valence electrons. The highest BCUT2D eigenvalue weighted by Gasteiger charge is 2.35. The van der Waals surface area contributed by atoms with Crippen LogP contribution in [0.5, 0.6) is 5.75 Å². The number of rotatable bonds is 2. The van der Waals surface area contributed by atoms with Gasteiger partial charge < -0.3 is 4.74 Å². The van der Waals surface area contributed by atoms with Gasteiger partial charge in [-0.1, -0.05) is 71.7 Å². The maximum atomic E-state index is 6.50. The minimum atomic E-state index is -0.364. The van der Waals surface area contributed by atoms with Gasteiger partial charge in [-0.05, 0) is 60.3 Å². The second kappa shape index (κ2) is 6.95. The molecule has 0 N–H and O–H groups in total. The molecule has 3 heteroatoms. The molecule has 0 amide bonds. The lowest BCUT2D eigenvalue weighted by Crippen LogP contribution is -2.26. The van der Waals surface area contributed by atoms with Gasteiger partial charge >= 0.3 is 0 Å². The van der Waals surface area contributed by atoms with E-state index < -0.39 is 0 Å². The Labute approximate surface area is 180 Å². The van der Waals surface area contributed by atoms with Crippen molar-refractivity contribution in [2.75, 3.05) is 0 Å². The third-order valence-electron chi connectivity index (χ3n) is 5.64. The van der Waals surface area contributed by atoms with Gasteiger partial charge in [0.15, 0.2) is 0 Å². The molecule has 0 spiro atoms. The Morgan fingerprint density at radius 3 is 2.10 bits per heavy atom. The van der Waals surface area contributed by atoms with Gasteiger partial charge in [-0.2, -0.15) is 0 Å². The number of allylic oxidation sites excluding steroid dienone is 1. The maximum absolute atomic E-state index is 6.50. The Kier molecular flexibility index (Phi) is 4.38. The number of halogens is 2. The first kappa shape index (κ1) is 18.3. The van der Waals surface area contributed by atoms with Gasteiger partial charge in [0, 0.05) is 32.0 Å². The zero-order chi connectivity index (χ0) is 20.0. The van der Waals surface area contributed by atoms with Crippen LogP contribution in [-0.4, -0.2) is 0 Å². The summed E-state index contributed by atoms with van der Waals surface area (Å²) in [7, 11) is 0. The van der Waals surface area contributed by atoms with E-state index in [4.69, 9.17) is 27.9 Å². The lowest BCUT2D eigenvalue weighted by Gasteiger charge is -2.35. The summed E-state index contributed by atoms with van der Waals surface area (Å²) < 4.78 is 6.50. The summed E-state index contributed by atoms with van der Waals surface area (Å²) in [6.45, 7) is 2.22. The van der Waals surface area contributed by atoms with E-state index in [0.717, 1.165) is 44.0 Å². The van der Waals surface area contributed by atoms with Crippen LogP contribution in [0.15, 0.2) is 91.0 Å². The Hall–Kier alpha value is -2.74. The number of benzene rings is 4. The Balaban J connectivity index is 1.78. The Bertz CT molecular complexity index is 1240. The molecule has 0 saturated carbocycles. The SMILES string of the molecule is CC1(c2ccc(Cl)cc2)C=C(c2ccc(Cl)cc2)Oc2c1ccc1ccccc21. The van der Waals surface area contributed by atoms with Crippen molar-refractivity contribution in [3.05, 3.63) is 118 Å². The highest BCUT2D eigenvalue weighted by Crippen LogP contribution is 2.48. The fourth-order valence-electron chi connectivity index (χ4n) is 4.03. The van der Waals surface area contributed by atoms with Gasteiger partial charge in [0.2, 0.25) is 0 Å². The quantitative estimate of drug-likeness (QED) is 0.322. The maximum Gasteiger partial charge on any atom is 0.139 e. The second-order valence-corrected chi connectivity index (χ2v) is 8.36. The van der Waals surface area contributed by atoms with E-state index in [0.29, 0.717) is 5.02 Å². The first-order valence-electron chi connectivity index (χ1n) is 9.49. The van der Waals surface area contributed by atoms with Crippen LogP contribution in [0, 0.1) is 0 Å². The lowest BCUT2D eigenvalue weighted by atomic mass is 9.73. The van der Waals surface area contributed by atoms with Crippen LogP contribution in [0.2, 0.25) is 10.0 Å². The van der Waals surface area contributed by atoms with Crippen LogP contribution in [0.4, 0.5) is 0 Å². The molecule has 1 aliphatic rings. The first-order chi connectivity index (χ1) is 14.0. The van der Waals surface area contributed by atoms with Crippen LogP contribution in [0.25, 0.3) is 16.5 Å². The number of ether oxygens (including phenoxy) is 1. The van der Waals surface area contributed by atoms with E-state index in [1.54, 1.807) is 0 Å². The fourth-order valence-corrected chi connectivity index (χ4v) is 4.28. The normalized spacial score (nSPS) is 18.1. The summed E-state index contributed by atoms with van der Waals surface area (Å²) in [4.78, 5) is 0. The summed E-state index contributed by atoms with van der Waals surface area (Å²) in [5, 5.41) is 3.69. The van der Waals surface area contributed by atoms with Gasteiger partial charge in [-0.3, -0.25) is 0 Å². The van der Waals surface area contributed by atoms with E-state index in [9.17, 15) is 0 Å². The molecular formula is C26H18Cl2O. The third kappa shape index (κ3) is 3.11. The van der Waals surface area contributed by atoms with Crippen LogP contribution in [0.1, 0.15) is 23.6 Å². The molecule has 29 heavy (non-hydrogen) atoms. The standard InChI is InChI=1S/C26H18Cl2O/c1-26(19-9-13-21(28)14-10-19)16-24(18-6-11-20(27)12-7-18)29-25-22-5-3-2-4-17(22)8-15-23(25)26/h2-16H,1H3. The van der Waals surface area contributed by atoms with Gasteiger partial charge in [-0.15, -0.1) is 0 Å². The van der Waals surface area contributed by atoms with Crippen molar-refractivity contribution in [2.45, 2.75) is 12.3 Å². The molecule has 5 rings (SSSR count). The zero-order valence-corrected chi connectivity index (χ0v) is 17.3. The predicted octanol–water partition coefficient (Wildman–Crippen LogP) is 7.89. The zero-order valence-electron chi connectivity index (χ0n) is 15.8. The molecule has 1 nitrogen and oxygen atoms in total. The topological polar surface area (TPSA) is 9.23 Å². The van der Waals surface area contributed by atoms with Crippen molar-refractivity contribution in [3.63, 3.8) is 0 Å². The van der Waals surface area contributed by atoms with Gasteiger partial charge in [0.25, 0.3) is 0 Å². The molecule has 1 heterocycles. The molecule has 0 saturated heterocycles. The van der Waals surface area contributed by atoms with Crippen LogP contribution < -0.4 is 4.74 Å². The first-order valence-corrected chi connectivity index (χ1v) is 10.3. The number of hydrogen-bond acceptors (Lipinski definition) is 1. The van der Waals surface area contributed by atoms with Crippen molar-refractivity contribution >= 4 is 39.7 Å². The second-order valence-electron chi connectivity index (χ2n) is 7.49. The molecule has 4 aromatic rings. The van der Waals surface area contributed by atoms with E-state index in [1.807, 2.05) is 48.5 Å². The van der Waals surface area contributed by atoms with E-state index >= 15 is 0 Å². The van der Waals surface area contributed by atoms with Crippen molar-refractivity contribution in [3.8, 4) is 5.75 Å². The van der Waals surface area contributed by atoms with Crippen LogP contribution >= 0.6 is 23.2 Å². The van der Waals surface area contributed by atoms with Crippen molar-refractivity contribution < 1.29 is 4.74 Å². The fraction of sp³-hybridized carbons (Fsp3) is 0.0769. The molecule has 1 aliphatic heterocycles. The molecule has 1 atom stereocenters. The summed E-state index contributed by atoms with van der Waals surface area (Å²) in [5.74, 6) is 1.72. The minimum Gasteiger partial charge on any atom is -0.456 e. The smallest absolute Gasteiger partial charge is 0.139 e. The Morgan fingerprint density at radius 2 is 1.38 bits per heavy atom. The summed E-state index contributed by atoms with van der Waals surface area (Å²) >= 11 is 12.3. The summed E-state index contributed by atoms with van der Waals surface area (Å²) in [6.07, 6.45) is 2.19. The van der Waals surface area contributed by atoms with Crippen molar-refractivity contribution in [2.24, 2.45) is 0 Å².